The van der Waals surface area contributed by atoms with Crippen LogP contribution in [0.15, 0.2) is 91.0 Å². The third-order valence-corrected chi connectivity index (χ3v) is 12.3. The second-order valence-electron chi connectivity index (χ2n) is 11.5. The molecule has 0 fully saturated rings. The van der Waals surface area contributed by atoms with Crippen LogP contribution in [-0.2, 0) is 44.4 Å². The Morgan fingerprint density at radius 1 is 0.733 bits per heavy atom. The quantitative estimate of drug-likeness (QED) is 0.122. The lowest BCUT2D eigenvalue weighted by atomic mass is 10.2. The summed E-state index contributed by atoms with van der Waals surface area (Å²) in [7, 11) is -2.71. The summed E-state index contributed by atoms with van der Waals surface area (Å²) < 4.78 is 28.2. The molecule has 0 saturated heterocycles. The number of carboxylic acids is 1. The minimum atomic E-state index is -2.71. The molecule has 0 heterocycles. The number of unbranched alkanes of at least 4 members (excludes halogenated alkanes) is 1. The Bertz CT molecular complexity index is 1290. The fraction of sp³-hybridized carbons (Fsp3) is 0.400. The summed E-state index contributed by atoms with van der Waals surface area (Å²) >= 11 is 0. The molecule has 0 radical (unpaired) electrons. The molecule has 45 heavy (non-hydrogen) atoms. The maximum absolute atomic E-state index is 13.1. The summed E-state index contributed by atoms with van der Waals surface area (Å²) in [5.74, 6) is -3.12. The number of carbonyl (C=O) groups excluding carboxylic acids is 2. The molecule has 0 aromatic heterocycles. The van der Waals surface area contributed by atoms with Crippen molar-refractivity contribution in [2.24, 2.45) is 0 Å². The molecular weight excluding hydrogens is 592 g/mol. The van der Waals surface area contributed by atoms with Crippen LogP contribution in [0.1, 0.15) is 46.1 Å². The van der Waals surface area contributed by atoms with Crippen molar-refractivity contribution in [1.82, 2.24) is 0 Å². The molecule has 10 heteroatoms. The molecule has 2 atom stereocenters. The van der Waals surface area contributed by atoms with Crippen molar-refractivity contribution in [1.29, 1.82) is 0 Å². The second kappa shape index (κ2) is 17.6. The van der Waals surface area contributed by atoms with Gasteiger partial charge in [-0.1, -0.05) is 112 Å². The van der Waals surface area contributed by atoms with Crippen molar-refractivity contribution in [3.8, 4) is 0 Å². The highest BCUT2D eigenvalue weighted by molar-refractivity contribution is 6.99. The van der Waals surface area contributed by atoms with Crippen molar-refractivity contribution < 1.29 is 42.9 Å². The molecule has 242 valence electrons. The molecule has 3 aromatic carbocycles. The summed E-state index contributed by atoms with van der Waals surface area (Å²) in [6, 6.07) is 29.6. The standard InChI is InChI=1S/C35H44O9Si/c1-5-40-30(36)26-42-31(33(37)38)32(34(39)43-25-27-17-9-6-10-18-27)41-23-15-16-24-44-45(35(2,3)4,28-19-11-7-12-20-28)29-21-13-8-14-22-29/h6-14,17-22,31-32H,5,15-16,23-26H2,1-4H3,(H,37,38)/t31-,32-/m1/s1. The van der Waals surface area contributed by atoms with Crippen molar-refractivity contribution in [3.63, 3.8) is 0 Å². The van der Waals surface area contributed by atoms with Gasteiger partial charge in [0.1, 0.15) is 13.2 Å². The lowest BCUT2D eigenvalue weighted by Gasteiger charge is -2.43. The minimum absolute atomic E-state index is 0.0434. The molecular formula is C35H44O9Si. The SMILES string of the molecule is CCOC(=O)CO[C@@H](C(=O)O)[C@@H](OCCCCO[Si](c1ccccc1)(c1ccccc1)C(C)(C)C)C(=O)OCc1ccccc1. The van der Waals surface area contributed by atoms with Gasteiger partial charge in [0, 0.05) is 13.2 Å². The number of aliphatic carboxylic acids is 1. The van der Waals surface area contributed by atoms with Gasteiger partial charge in [0.05, 0.1) is 6.61 Å². The predicted molar refractivity (Wildman–Crippen MR) is 173 cm³/mol. The molecule has 0 saturated carbocycles. The molecule has 3 aromatic rings. The first-order valence-corrected chi connectivity index (χ1v) is 17.1. The molecule has 0 unspecified atom stereocenters. The molecule has 0 spiro atoms. The first kappa shape index (κ1) is 35.6. The summed E-state index contributed by atoms with van der Waals surface area (Å²) in [6.07, 6.45) is -2.30. The summed E-state index contributed by atoms with van der Waals surface area (Å²) in [6.45, 7) is 8.09. The van der Waals surface area contributed by atoms with E-state index in [1.54, 1.807) is 31.2 Å². The van der Waals surface area contributed by atoms with Crippen molar-refractivity contribution in [2.75, 3.05) is 26.4 Å². The molecule has 3 rings (SSSR count). The number of carbonyl (C=O) groups is 3. The van der Waals surface area contributed by atoms with Crippen LogP contribution >= 0.6 is 0 Å². The van der Waals surface area contributed by atoms with Crippen LogP contribution in [0.3, 0.4) is 0 Å². The van der Waals surface area contributed by atoms with E-state index in [2.05, 4.69) is 45.0 Å². The van der Waals surface area contributed by atoms with Crippen molar-refractivity contribution in [2.45, 2.75) is 64.4 Å². The van der Waals surface area contributed by atoms with Gasteiger partial charge in [-0.05, 0) is 40.7 Å². The zero-order valence-electron chi connectivity index (χ0n) is 26.5. The normalized spacial score (nSPS) is 13.1. The smallest absolute Gasteiger partial charge is 0.338 e. The maximum Gasteiger partial charge on any atom is 0.338 e. The molecule has 0 bridgehead atoms. The first-order valence-electron chi connectivity index (χ1n) is 15.2. The number of hydrogen-bond acceptors (Lipinski definition) is 8. The van der Waals surface area contributed by atoms with Gasteiger partial charge >= 0.3 is 17.9 Å². The zero-order valence-corrected chi connectivity index (χ0v) is 27.5. The van der Waals surface area contributed by atoms with Gasteiger partial charge in [0.15, 0.2) is 12.2 Å². The number of hydrogen-bond donors (Lipinski definition) is 1. The largest absolute Gasteiger partial charge is 0.479 e. The van der Waals surface area contributed by atoms with Gasteiger partial charge in [0.25, 0.3) is 8.32 Å². The summed E-state index contributed by atoms with van der Waals surface area (Å²) in [5.41, 5.74) is 0.726. The Morgan fingerprint density at radius 2 is 1.27 bits per heavy atom. The van der Waals surface area contributed by atoms with E-state index in [0.29, 0.717) is 19.4 Å². The lowest BCUT2D eigenvalue weighted by Crippen LogP contribution is -2.66. The van der Waals surface area contributed by atoms with E-state index in [1.807, 2.05) is 42.5 Å². The lowest BCUT2D eigenvalue weighted by molar-refractivity contribution is -0.184. The van der Waals surface area contributed by atoms with E-state index in [4.69, 9.17) is 23.4 Å². The van der Waals surface area contributed by atoms with Crippen LogP contribution < -0.4 is 10.4 Å². The Hall–Kier alpha value is -3.83. The van der Waals surface area contributed by atoms with Gasteiger partial charge < -0.3 is 28.5 Å². The summed E-state index contributed by atoms with van der Waals surface area (Å²) in [5, 5.41) is 12.0. The number of esters is 2. The van der Waals surface area contributed by atoms with E-state index >= 15 is 0 Å². The van der Waals surface area contributed by atoms with Crippen molar-refractivity contribution in [3.05, 3.63) is 96.6 Å². The number of rotatable bonds is 18. The van der Waals surface area contributed by atoms with E-state index < -0.39 is 45.0 Å². The van der Waals surface area contributed by atoms with Gasteiger partial charge in [-0.15, -0.1) is 0 Å². The Morgan fingerprint density at radius 3 is 1.78 bits per heavy atom. The van der Waals surface area contributed by atoms with E-state index in [1.165, 1.54) is 10.4 Å². The third kappa shape index (κ3) is 10.1. The fourth-order valence-corrected chi connectivity index (χ4v) is 9.75. The summed E-state index contributed by atoms with van der Waals surface area (Å²) in [4.78, 5) is 37.1. The van der Waals surface area contributed by atoms with Gasteiger partial charge in [-0.3, -0.25) is 0 Å². The van der Waals surface area contributed by atoms with Crippen LogP contribution in [0, 0.1) is 0 Å². The topological polar surface area (TPSA) is 118 Å². The Balaban J connectivity index is 1.69. The van der Waals surface area contributed by atoms with Crippen molar-refractivity contribution >= 4 is 36.6 Å². The minimum Gasteiger partial charge on any atom is -0.479 e. The van der Waals surface area contributed by atoms with Gasteiger partial charge in [-0.2, -0.15) is 0 Å². The fourth-order valence-electron chi connectivity index (χ4n) is 5.14. The Kier molecular flexibility index (Phi) is 13.9. The van der Waals surface area contributed by atoms with E-state index in [9.17, 15) is 19.5 Å². The van der Waals surface area contributed by atoms with E-state index in [0.717, 1.165) is 5.56 Å². The van der Waals surface area contributed by atoms with Crippen LogP contribution in [0.2, 0.25) is 5.04 Å². The third-order valence-electron chi connectivity index (χ3n) is 7.23. The highest BCUT2D eigenvalue weighted by Crippen LogP contribution is 2.36. The maximum atomic E-state index is 13.1. The zero-order chi connectivity index (χ0) is 32.7. The number of ether oxygens (including phenoxy) is 4. The number of carboxylic acid groups (broad SMARTS) is 1. The van der Waals surface area contributed by atoms with Crippen LogP contribution in [0.25, 0.3) is 0 Å². The highest BCUT2D eigenvalue weighted by atomic mass is 28.4. The van der Waals surface area contributed by atoms with E-state index in [-0.39, 0.29) is 24.9 Å². The van der Waals surface area contributed by atoms with Crippen LogP contribution in [0.5, 0.6) is 0 Å². The highest BCUT2D eigenvalue weighted by Gasteiger charge is 2.50. The molecule has 0 aliphatic rings. The monoisotopic (exact) mass is 636 g/mol. The second-order valence-corrected chi connectivity index (χ2v) is 15.8. The molecule has 0 aliphatic carbocycles. The molecule has 1 N–H and O–H groups in total. The average Bonchev–Trinajstić information content (AvgIpc) is 3.03. The average molecular weight is 637 g/mol. The van der Waals surface area contributed by atoms with Crippen LogP contribution in [-0.4, -0.2) is 70.0 Å². The Labute approximate surface area is 266 Å². The van der Waals surface area contributed by atoms with Gasteiger partial charge in [-0.25, -0.2) is 14.4 Å². The molecule has 9 nitrogen and oxygen atoms in total. The van der Waals surface area contributed by atoms with Gasteiger partial charge in [0.2, 0.25) is 0 Å². The number of benzene rings is 3. The first-order chi connectivity index (χ1) is 21.6. The molecule has 0 aliphatic heterocycles. The molecule has 0 amide bonds. The predicted octanol–water partition coefficient (Wildman–Crippen LogP) is 4.50. The van der Waals surface area contributed by atoms with Crippen LogP contribution in [0.4, 0.5) is 0 Å².